The summed E-state index contributed by atoms with van der Waals surface area (Å²) in [5, 5.41) is 2.89. The Morgan fingerprint density at radius 1 is 1.22 bits per heavy atom. The summed E-state index contributed by atoms with van der Waals surface area (Å²) in [6.45, 7) is 3.21. The van der Waals surface area contributed by atoms with Crippen LogP contribution in [0.4, 0.5) is 5.82 Å². The van der Waals surface area contributed by atoms with E-state index in [0.29, 0.717) is 37.5 Å². The van der Waals surface area contributed by atoms with Crippen molar-refractivity contribution in [3.05, 3.63) is 52.6 Å². The summed E-state index contributed by atoms with van der Waals surface area (Å²) < 4.78 is 1.03. The van der Waals surface area contributed by atoms with E-state index >= 15 is 0 Å². The molecule has 27 heavy (non-hydrogen) atoms. The highest BCUT2D eigenvalue weighted by Gasteiger charge is 2.27. The lowest BCUT2D eigenvalue weighted by Gasteiger charge is -2.31. The summed E-state index contributed by atoms with van der Waals surface area (Å²) in [7, 11) is 0. The number of nitrogens with one attached hydrogen (secondary N) is 1. The lowest BCUT2D eigenvalue weighted by Crippen LogP contribution is -2.42. The van der Waals surface area contributed by atoms with Gasteiger partial charge in [-0.3, -0.25) is 9.59 Å². The number of nitrogens with zero attached hydrogens (tertiary/aromatic N) is 2. The van der Waals surface area contributed by atoms with Crippen LogP contribution < -0.4 is 5.32 Å². The minimum absolute atomic E-state index is 0.00978. The van der Waals surface area contributed by atoms with Crippen molar-refractivity contribution < 1.29 is 9.59 Å². The number of hydrogen-bond acceptors (Lipinski definition) is 4. The normalized spacial score (nSPS) is 14.8. The highest BCUT2D eigenvalue weighted by molar-refractivity contribution is 9.10. The number of piperidine rings is 1. The Labute approximate surface area is 172 Å². The van der Waals surface area contributed by atoms with E-state index in [9.17, 15) is 9.59 Å². The van der Waals surface area contributed by atoms with E-state index in [0.717, 1.165) is 14.9 Å². The lowest BCUT2D eigenvalue weighted by molar-refractivity contribution is -0.132. The molecule has 2 amide bonds. The molecule has 7 heteroatoms. The quantitative estimate of drug-likeness (QED) is 0.700. The summed E-state index contributed by atoms with van der Waals surface area (Å²) in [6, 6.07) is 11.7. The SMILES string of the molecule is Cc1ccnc(NC(=O)C2CCN(C(=O)CSc3ccc(Br)cc3)CC2)c1. The van der Waals surface area contributed by atoms with Crippen LogP contribution in [-0.4, -0.2) is 40.5 Å². The Kier molecular flexibility index (Phi) is 6.90. The van der Waals surface area contributed by atoms with Gasteiger partial charge in [-0.15, -0.1) is 11.8 Å². The van der Waals surface area contributed by atoms with Gasteiger partial charge in [-0.25, -0.2) is 4.98 Å². The van der Waals surface area contributed by atoms with E-state index in [4.69, 9.17) is 0 Å². The minimum atomic E-state index is -0.0736. The third kappa shape index (κ3) is 5.81. The van der Waals surface area contributed by atoms with Gasteiger partial charge in [0.25, 0.3) is 0 Å². The van der Waals surface area contributed by atoms with Crippen LogP contribution in [0.25, 0.3) is 0 Å². The van der Waals surface area contributed by atoms with Gasteiger partial charge in [-0.1, -0.05) is 15.9 Å². The predicted octanol–water partition coefficient (Wildman–Crippen LogP) is 4.12. The number of anilines is 1. The van der Waals surface area contributed by atoms with E-state index < -0.39 is 0 Å². The first-order valence-corrected chi connectivity index (χ1v) is 10.7. The van der Waals surface area contributed by atoms with Crippen molar-refractivity contribution in [2.45, 2.75) is 24.7 Å². The second-order valence-electron chi connectivity index (χ2n) is 6.61. The van der Waals surface area contributed by atoms with E-state index in [1.54, 1.807) is 18.0 Å². The van der Waals surface area contributed by atoms with Crippen molar-refractivity contribution in [3.8, 4) is 0 Å². The van der Waals surface area contributed by atoms with Crippen molar-refractivity contribution in [1.82, 2.24) is 9.88 Å². The van der Waals surface area contributed by atoms with Gasteiger partial charge >= 0.3 is 0 Å². The van der Waals surface area contributed by atoms with E-state index in [-0.39, 0.29) is 17.7 Å². The van der Waals surface area contributed by atoms with Crippen LogP contribution in [0.3, 0.4) is 0 Å². The molecule has 3 rings (SSSR count). The molecule has 1 aromatic carbocycles. The summed E-state index contributed by atoms with van der Waals surface area (Å²) in [5.41, 5.74) is 1.06. The van der Waals surface area contributed by atoms with Crippen molar-refractivity contribution >= 4 is 45.3 Å². The van der Waals surface area contributed by atoms with E-state index in [1.165, 1.54) is 0 Å². The van der Waals surface area contributed by atoms with Crippen molar-refractivity contribution in [3.63, 3.8) is 0 Å². The number of likely N-dealkylation sites (tertiary alicyclic amines) is 1. The number of benzene rings is 1. The minimum Gasteiger partial charge on any atom is -0.342 e. The second kappa shape index (κ2) is 9.37. The molecule has 5 nitrogen and oxygen atoms in total. The molecule has 0 spiro atoms. The van der Waals surface area contributed by atoms with Crippen LogP contribution in [0.15, 0.2) is 52.0 Å². The maximum Gasteiger partial charge on any atom is 0.232 e. The molecule has 2 aromatic rings. The molecule has 1 fully saturated rings. The molecule has 1 saturated heterocycles. The molecule has 0 unspecified atom stereocenters. The van der Waals surface area contributed by atoms with Gasteiger partial charge < -0.3 is 10.2 Å². The first-order valence-electron chi connectivity index (χ1n) is 8.91. The fourth-order valence-electron chi connectivity index (χ4n) is 2.99. The van der Waals surface area contributed by atoms with Crippen LogP contribution >= 0.6 is 27.7 Å². The molecule has 2 heterocycles. The van der Waals surface area contributed by atoms with Gasteiger partial charge in [0.05, 0.1) is 5.75 Å². The van der Waals surface area contributed by atoms with Crippen molar-refractivity contribution in [2.24, 2.45) is 5.92 Å². The maximum absolute atomic E-state index is 12.4. The Hall–Kier alpha value is -1.86. The molecule has 142 valence electrons. The lowest BCUT2D eigenvalue weighted by atomic mass is 9.96. The number of halogens is 1. The molecule has 0 saturated carbocycles. The highest BCUT2D eigenvalue weighted by atomic mass is 79.9. The van der Waals surface area contributed by atoms with Gasteiger partial charge in [0.2, 0.25) is 11.8 Å². The fraction of sp³-hybridized carbons (Fsp3) is 0.350. The standard InChI is InChI=1S/C20H22BrN3O2S/c1-14-6-9-22-18(12-14)23-20(26)15-7-10-24(11-8-15)19(25)13-27-17-4-2-16(21)3-5-17/h2-6,9,12,15H,7-8,10-11,13H2,1H3,(H,22,23,26). The van der Waals surface area contributed by atoms with Gasteiger partial charge in [-0.05, 0) is 61.7 Å². The van der Waals surface area contributed by atoms with Crippen molar-refractivity contribution in [1.29, 1.82) is 0 Å². The van der Waals surface area contributed by atoms with Gasteiger partial charge in [0, 0.05) is 34.6 Å². The van der Waals surface area contributed by atoms with Crippen LogP contribution in [0.2, 0.25) is 0 Å². The Balaban J connectivity index is 1.44. The second-order valence-corrected chi connectivity index (χ2v) is 8.57. The van der Waals surface area contributed by atoms with Gasteiger partial charge in [0.1, 0.15) is 5.82 Å². The Bertz CT molecular complexity index is 805. The summed E-state index contributed by atoms with van der Waals surface area (Å²) in [4.78, 5) is 32.0. The highest BCUT2D eigenvalue weighted by Crippen LogP contribution is 2.23. The van der Waals surface area contributed by atoms with Crippen molar-refractivity contribution in [2.75, 3.05) is 24.2 Å². The molecule has 0 radical (unpaired) electrons. The molecule has 0 aliphatic carbocycles. The fourth-order valence-corrected chi connectivity index (χ4v) is 4.06. The van der Waals surface area contributed by atoms with Crippen LogP contribution in [0.5, 0.6) is 0 Å². The number of pyridine rings is 1. The average Bonchev–Trinajstić information content (AvgIpc) is 2.67. The number of thioether (sulfide) groups is 1. The number of aromatic nitrogens is 1. The monoisotopic (exact) mass is 447 g/mol. The topological polar surface area (TPSA) is 62.3 Å². The van der Waals surface area contributed by atoms with Gasteiger partial charge in [-0.2, -0.15) is 0 Å². The summed E-state index contributed by atoms with van der Waals surface area (Å²) in [5.74, 6) is 1.05. The zero-order valence-electron chi connectivity index (χ0n) is 15.2. The zero-order chi connectivity index (χ0) is 19.2. The summed E-state index contributed by atoms with van der Waals surface area (Å²) >= 11 is 4.95. The first kappa shape index (κ1) is 19.9. The molecule has 0 bridgehead atoms. The largest absolute Gasteiger partial charge is 0.342 e. The number of amides is 2. The van der Waals surface area contributed by atoms with Crippen LogP contribution in [0.1, 0.15) is 18.4 Å². The number of carbonyl (C=O) groups excluding carboxylic acids is 2. The zero-order valence-corrected chi connectivity index (χ0v) is 17.6. The third-order valence-corrected chi connectivity index (χ3v) is 6.09. The van der Waals surface area contributed by atoms with Gasteiger partial charge in [0.15, 0.2) is 0 Å². The molecular weight excluding hydrogens is 426 g/mol. The summed E-state index contributed by atoms with van der Waals surface area (Å²) in [6.07, 6.45) is 3.06. The predicted molar refractivity (Wildman–Crippen MR) is 112 cm³/mol. The van der Waals surface area contributed by atoms with Crippen LogP contribution in [-0.2, 0) is 9.59 Å². The molecule has 1 aliphatic rings. The third-order valence-electron chi connectivity index (χ3n) is 4.56. The number of hydrogen-bond donors (Lipinski definition) is 1. The molecule has 1 N–H and O–H groups in total. The number of aryl methyl sites for hydroxylation is 1. The van der Waals surface area contributed by atoms with E-state index in [1.807, 2.05) is 48.2 Å². The number of rotatable bonds is 5. The number of carbonyl (C=O) groups is 2. The smallest absolute Gasteiger partial charge is 0.232 e. The molecule has 1 aromatic heterocycles. The Morgan fingerprint density at radius 2 is 1.93 bits per heavy atom. The average molecular weight is 448 g/mol. The van der Waals surface area contributed by atoms with E-state index in [2.05, 4.69) is 26.2 Å². The molecule has 0 atom stereocenters. The first-order chi connectivity index (χ1) is 13.0. The van der Waals surface area contributed by atoms with Crippen LogP contribution in [0, 0.1) is 12.8 Å². The molecule has 1 aliphatic heterocycles. The molecular formula is C20H22BrN3O2S. The maximum atomic E-state index is 12.4. The Morgan fingerprint density at radius 3 is 2.59 bits per heavy atom.